The third kappa shape index (κ3) is 2.24. The summed E-state index contributed by atoms with van der Waals surface area (Å²) in [6, 6.07) is 10.8. The van der Waals surface area contributed by atoms with E-state index >= 15 is 0 Å². The minimum absolute atomic E-state index is 0.0297. The molecule has 86 valence electrons. The van der Waals surface area contributed by atoms with Gasteiger partial charge in [-0.15, -0.1) is 0 Å². The van der Waals surface area contributed by atoms with Crippen molar-refractivity contribution in [3.8, 4) is 11.5 Å². The maximum absolute atomic E-state index is 12.0. The second-order valence-electron chi connectivity index (χ2n) is 3.52. The number of phenols is 2. The molecular formula is C13H9ClO3. The van der Waals surface area contributed by atoms with E-state index in [-0.39, 0.29) is 27.9 Å². The predicted molar refractivity (Wildman–Crippen MR) is 64.7 cm³/mol. The highest BCUT2D eigenvalue weighted by Crippen LogP contribution is 2.32. The van der Waals surface area contributed by atoms with Crippen molar-refractivity contribution >= 4 is 17.4 Å². The number of carbonyl (C=O) groups excluding carboxylic acids is 1. The molecule has 17 heavy (non-hydrogen) atoms. The molecule has 0 aliphatic carbocycles. The third-order valence-electron chi connectivity index (χ3n) is 2.35. The fourth-order valence-corrected chi connectivity index (χ4v) is 1.64. The van der Waals surface area contributed by atoms with Crippen molar-refractivity contribution in [2.24, 2.45) is 0 Å². The summed E-state index contributed by atoms with van der Waals surface area (Å²) in [6.07, 6.45) is 0. The fourth-order valence-electron chi connectivity index (χ4n) is 1.48. The maximum atomic E-state index is 12.0. The van der Waals surface area contributed by atoms with Crippen LogP contribution in [0.1, 0.15) is 15.9 Å². The maximum Gasteiger partial charge on any atom is 0.196 e. The first kappa shape index (κ1) is 11.5. The highest BCUT2D eigenvalue weighted by molar-refractivity contribution is 6.32. The van der Waals surface area contributed by atoms with Gasteiger partial charge in [0.2, 0.25) is 0 Å². The van der Waals surface area contributed by atoms with E-state index in [1.54, 1.807) is 30.3 Å². The number of phenolic OH excluding ortho intramolecular Hbond substituents is 2. The first-order valence-electron chi connectivity index (χ1n) is 4.91. The van der Waals surface area contributed by atoms with Crippen LogP contribution in [0.15, 0.2) is 42.5 Å². The number of halogens is 1. The molecule has 0 radical (unpaired) electrons. The molecule has 0 aliphatic heterocycles. The van der Waals surface area contributed by atoms with Gasteiger partial charge in [-0.3, -0.25) is 4.79 Å². The van der Waals surface area contributed by atoms with Gasteiger partial charge in [0.05, 0.1) is 10.6 Å². The summed E-state index contributed by atoms with van der Waals surface area (Å²) in [5, 5.41) is 18.9. The molecule has 0 saturated heterocycles. The summed E-state index contributed by atoms with van der Waals surface area (Å²) < 4.78 is 0. The van der Waals surface area contributed by atoms with Crippen LogP contribution in [0.5, 0.6) is 11.5 Å². The molecule has 2 aromatic rings. The van der Waals surface area contributed by atoms with Gasteiger partial charge in [-0.05, 0) is 6.07 Å². The lowest BCUT2D eigenvalue weighted by atomic mass is 10.0. The van der Waals surface area contributed by atoms with Crippen LogP contribution in [-0.2, 0) is 0 Å². The Balaban J connectivity index is 2.48. The van der Waals surface area contributed by atoms with Crippen molar-refractivity contribution in [1.82, 2.24) is 0 Å². The zero-order valence-electron chi connectivity index (χ0n) is 8.72. The lowest BCUT2D eigenvalue weighted by molar-refractivity contribution is 0.103. The number of benzene rings is 2. The molecule has 2 rings (SSSR count). The first-order chi connectivity index (χ1) is 8.09. The van der Waals surface area contributed by atoms with Crippen LogP contribution >= 0.6 is 11.6 Å². The van der Waals surface area contributed by atoms with Crippen molar-refractivity contribution in [2.45, 2.75) is 0 Å². The summed E-state index contributed by atoms with van der Waals surface area (Å²) in [4.78, 5) is 12.0. The van der Waals surface area contributed by atoms with Gasteiger partial charge in [0.25, 0.3) is 0 Å². The number of carbonyl (C=O) groups is 1. The summed E-state index contributed by atoms with van der Waals surface area (Å²) in [5.74, 6) is -0.889. The van der Waals surface area contributed by atoms with E-state index < -0.39 is 0 Å². The molecule has 0 fully saturated rings. The summed E-state index contributed by atoms with van der Waals surface area (Å²) >= 11 is 5.70. The van der Waals surface area contributed by atoms with Crippen molar-refractivity contribution in [1.29, 1.82) is 0 Å². The van der Waals surface area contributed by atoms with E-state index in [2.05, 4.69) is 0 Å². The standard InChI is InChI=1S/C13H9ClO3/c14-10-6-9(11(15)7-12(10)16)13(17)8-4-2-1-3-5-8/h1-7,15-16H. The molecule has 0 saturated carbocycles. The van der Waals surface area contributed by atoms with Crippen LogP contribution in [0.3, 0.4) is 0 Å². The van der Waals surface area contributed by atoms with E-state index in [1.165, 1.54) is 6.07 Å². The average Bonchev–Trinajstić information content (AvgIpc) is 2.34. The van der Waals surface area contributed by atoms with Crippen LogP contribution < -0.4 is 0 Å². The van der Waals surface area contributed by atoms with E-state index in [0.29, 0.717) is 5.56 Å². The number of hydrogen-bond acceptors (Lipinski definition) is 3. The van der Waals surface area contributed by atoms with Gasteiger partial charge < -0.3 is 10.2 Å². The second-order valence-corrected chi connectivity index (χ2v) is 3.92. The van der Waals surface area contributed by atoms with Crippen molar-refractivity contribution in [3.63, 3.8) is 0 Å². The largest absolute Gasteiger partial charge is 0.507 e. The number of rotatable bonds is 2. The average molecular weight is 249 g/mol. The van der Waals surface area contributed by atoms with Crippen molar-refractivity contribution in [2.75, 3.05) is 0 Å². The van der Waals surface area contributed by atoms with E-state index in [0.717, 1.165) is 6.07 Å². The summed E-state index contributed by atoms with van der Waals surface area (Å²) in [5.41, 5.74) is 0.517. The Labute approximate surface area is 103 Å². The number of hydrogen-bond donors (Lipinski definition) is 2. The number of aromatic hydroxyl groups is 2. The normalized spacial score (nSPS) is 10.2. The van der Waals surface area contributed by atoms with Crippen LogP contribution in [0.4, 0.5) is 0 Å². The molecule has 0 amide bonds. The molecule has 0 aromatic heterocycles. The predicted octanol–water partition coefficient (Wildman–Crippen LogP) is 2.98. The van der Waals surface area contributed by atoms with Crippen LogP contribution in [-0.4, -0.2) is 16.0 Å². The minimum atomic E-state index is -0.343. The summed E-state index contributed by atoms with van der Waals surface area (Å²) in [7, 11) is 0. The molecule has 0 aliphatic rings. The Hall–Kier alpha value is -2.00. The van der Waals surface area contributed by atoms with Gasteiger partial charge in [-0.1, -0.05) is 41.9 Å². The molecule has 4 heteroatoms. The van der Waals surface area contributed by atoms with E-state index in [1.807, 2.05) is 0 Å². The molecule has 0 spiro atoms. The molecule has 2 N–H and O–H groups in total. The molecule has 0 atom stereocenters. The lowest BCUT2D eigenvalue weighted by Crippen LogP contribution is -2.01. The van der Waals surface area contributed by atoms with E-state index in [4.69, 9.17) is 11.6 Å². The minimum Gasteiger partial charge on any atom is -0.507 e. The van der Waals surface area contributed by atoms with Gasteiger partial charge in [-0.25, -0.2) is 0 Å². The first-order valence-corrected chi connectivity index (χ1v) is 5.28. The van der Waals surface area contributed by atoms with Crippen molar-refractivity contribution < 1.29 is 15.0 Å². The molecular weight excluding hydrogens is 240 g/mol. The Bertz CT molecular complexity index is 564. The molecule has 0 bridgehead atoms. The second kappa shape index (κ2) is 4.47. The lowest BCUT2D eigenvalue weighted by Gasteiger charge is -2.05. The van der Waals surface area contributed by atoms with Gasteiger partial charge >= 0.3 is 0 Å². The SMILES string of the molecule is O=C(c1ccccc1)c1cc(Cl)c(O)cc1O. The Morgan fingerprint density at radius 1 is 1.00 bits per heavy atom. The van der Waals surface area contributed by atoms with Crippen LogP contribution in [0.25, 0.3) is 0 Å². The zero-order chi connectivity index (χ0) is 12.4. The van der Waals surface area contributed by atoms with Gasteiger partial charge in [0.15, 0.2) is 5.78 Å². The monoisotopic (exact) mass is 248 g/mol. The zero-order valence-corrected chi connectivity index (χ0v) is 9.48. The molecule has 3 nitrogen and oxygen atoms in total. The molecule has 0 heterocycles. The fraction of sp³-hybridized carbons (Fsp3) is 0. The highest BCUT2D eigenvalue weighted by Gasteiger charge is 2.15. The van der Waals surface area contributed by atoms with Gasteiger partial charge in [0.1, 0.15) is 11.5 Å². The van der Waals surface area contributed by atoms with Crippen LogP contribution in [0, 0.1) is 0 Å². The van der Waals surface area contributed by atoms with Crippen molar-refractivity contribution in [3.05, 3.63) is 58.6 Å². The topological polar surface area (TPSA) is 57.5 Å². The highest BCUT2D eigenvalue weighted by atomic mass is 35.5. The quantitative estimate of drug-likeness (QED) is 0.804. The van der Waals surface area contributed by atoms with E-state index in [9.17, 15) is 15.0 Å². The smallest absolute Gasteiger partial charge is 0.196 e. The Kier molecular flexibility index (Phi) is 3.02. The van der Waals surface area contributed by atoms with Gasteiger partial charge in [0, 0.05) is 11.6 Å². The summed E-state index contributed by atoms with van der Waals surface area (Å²) in [6.45, 7) is 0. The number of ketones is 1. The van der Waals surface area contributed by atoms with Gasteiger partial charge in [-0.2, -0.15) is 0 Å². The Morgan fingerprint density at radius 2 is 1.65 bits per heavy atom. The third-order valence-corrected chi connectivity index (χ3v) is 2.65. The van der Waals surface area contributed by atoms with Crippen LogP contribution in [0.2, 0.25) is 5.02 Å². The Morgan fingerprint density at radius 3 is 2.29 bits per heavy atom. The molecule has 0 unspecified atom stereocenters. The molecule has 2 aromatic carbocycles.